The lowest BCUT2D eigenvalue weighted by Gasteiger charge is -2.22. The zero-order valence-electron chi connectivity index (χ0n) is 30.0. The van der Waals surface area contributed by atoms with E-state index in [0.29, 0.717) is 17.6 Å². The van der Waals surface area contributed by atoms with Gasteiger partial charge in [-0.25, -0.2) is 4.98 Å². The van der Waals surface area contributed by atoms with Crippen molar-refractivity contribution in [3.63, 3.8) is 0 Å². The number of benzene rings is 8. The Morgan fingerprint density at radius 3 is 1.78 bits per heavy atom. The molecule has 0 fully saturated rings. The third-order valence-electron chi connectivity index (χ3n) is 11.4. The van der Waals surface area contributed by atoms with Gasteiger partial charge >= 0.3 is 0 Å². The minimum atomic E-state index is -0.162. The van der Waals surface area contributed by atoms with Crippen molar-refractivity contribution in [1.82, 2.24) is 19.5 Å². The van der Waals surface area contributed by atoms with Gasteiger partial charge in [0, 0.05) is 32.9 Å². The van der Waals surface area contributed by atoms with Crippen molar-refractivity contribution >= 4 is 43.4 Å². The Labute approximate surface area is 313 Å². The highest BCUT2D eigenvalue weighted by molar-refractivity contribution is 6.23. The molecule has 0 bridgehead atoms. The number of aromatic nitrogens is 4. The topological polar surface area (TPSA) is 43.6 Å². The predicted octanol–water partition coefficient (Wildman–Crippen LogP) is 12.6. The number of fused-ring (bicyclic) bond motifs is 10. The minimum absolute atomic E-state index is 0.162. The lowest BCUT2D eigenvalue weighted by molar-refractivity contribution is 0.661. The molecule has 0 saturated carbocycles. The number of nitrogens with zero attached hydrogens (tertiary/aromatic N) is 4. The van der Waals surface area contributed by atoms with E-state index in [0.717, 1.165) is 33.1 Å². The number of hydrogen-bond acceptors (Lipinski definition) is 3. The van der Waals surface area contributed by atoms with Crippen LogP contribution in [0.1, 0.15) is 25.0 Å². The van der Waals surface area contributed by atoms with E-state index < -0.39 is 0 Å². The van der Waals surface area contributed by atoms with Crippen LogP contribution in [0.3, 0.4) is 0 Å². The van der Waals surface area contributed by atoms with Crippen molar-refractivity contribution in [2.45, 2.75) is 19.3 Å². The Bertz CT molecular complexity index is 3060. The molecule has 254 valence electrons. The van der Waals surface area contributed by atoms with Gasteiger partial charge in [-0.2, -0.15) is 9.97 Å². The third-order valence-corrected chi connectivity index (χ3v) is 11.4. The molecule has 0 aliphatic heterocycles. The van der Waals surface area contributed by atoms with Crippen LogP contribution in [0.5, 0.6) is 0 Å². The van der Waals surface area contributed by atoms with E-state index in [-0.39, 0.29) is 5.41 Å². The highest BCUT2D eigenvalue weighted by Gasteiger charge is 2.37. The molecule has 4 nitrogen and oxygen atoms in total. The summed E-state index contributed by atoms with van der Waals surface area (Å²) in [5.74, 6) is 1.86. The molecule has 54 heavy (non-hydrogen) atoms. The van der Waals surface area contributed by atoms with Crippen LogP contribution in [-0.4, -0.2) is 19.5 Å². The quantitative estimate of drug-likeness (QED) is 0.185. The van der Waals surface area contributed by atoms with Crippen molar-refractivity contribution < 1.29 is 0 Å². The van der Waals surface area contributed by atoms with Crippen LogP contribution in [-0.2, 0) is 5.41 Å². The molecule has 0 N–H and O–H groups in total. The van der Waals surface area contributed by atoms with Gasteiger partial charge in [0.25, 0.3) is 0 Å². The van der Waals surface area contributed by atoms with Gasteiger partial charge < -0.3 is 0 Å². The fourth-order valence-electron chi connectivity index (χ4n) is 8.85. The summed E-state index contributed by atoms with van der Waals surface area (Å²) in [4.78, 5) is 15.6. The number of para-hydroxylation sites is 1. The van der Waals surface area contributed by atoms with Gasteiger partial charge in [0.1, 0.15) is 0 Å². The van der Waals surface area contributed by atoms with Gasteiger partial charge in [-0.3, -0.25) is 4.57 Å². The standard InChI is InChI=1S/C50H34N4/c1-50(2)41-28-25-31-14-9-11-20-36(31)44(41)39-27-24-35(30-42(39)50)38-22-13-23-40-45-37-21-12-10-15-32(37)26-29-43(45)54(46(38)40)49-52-47(33-16-5-3-6-17-33)51-48(53-49)34-18-7-4-8-19-34/h3-30H,1-2H3. The van der Waals surface area contributed by atoms with Crippen molar-refractivity contribution in [2.24, 2.45) is 0 Å². The van der Waals surface area contributed by atoms with Crippen LogP contribution in [0.15, 0.2) is 170 Å². The van der Waals surface area contributed by atoms with Gasteiger partial charge in [-0.1, -0.05) is 172 Å². The second-order valence-corrected chi connectivity index (χ2v) is 14.8. The molecule has 2 aromatic heterocycles. The molecule has 10 aromatic rings. The SMILES string of the molecule is CC1(C)c2cc(-c3cccc4c5c6ccccc6ccc5n(-c5nc(-c6ccccc6)nc(-c6ccccc6)n5)c34)ccc2-c2c1ccc1ccccc21. The fourth-order valence-corrected chi connectivity index (χ4v) is 8.85. The second-order valence-electron chi connectivity index (χ2n) is 14.8. The summed E-state index contributed by atoms with van der Waals surface area (Å²) in [5, 5.41) is 7.33. The highest BCUT2D eigenvalue weighted by atomic mass is 15.2. The lowest BCUT2D eigenvalue weighted by atomic mass is 9.81. The molecule has 0 amide bonds. The summed E-state index contributed by atoms with van der Waals surface area (Å²) in [6, 6.07) is 60.6. The zero-order chi connectivity index (χ0) is 36.0. The molecular weight excluding hydrogens is 657 g/mol. The first-order valence-corrected chi connectivity index (χ1v) is 18.5. The predicted molar refractivity (Wildman–Crippen MR) is 223 cm³/mol. The average Bonchev–Trinajstić information content (AvgIpc) is 3.70. The zero-order valence-corrected chi connectivity index (χ0v) is 30.0. The number of hydrogen-bond donors (Lipinski definition) is 0. The van der Waals surface area contributed by atoms with E-state index in [1.807, 2.05) is 36.4 Å². The van der Waals surface area contributed by atoms with E-state index in [2.05, 4.69) is 152 Å². The van der Waals surface area contributed by atoms with Crippen LogP contribution in [0.25, 0.3) is 94.3 Å². The fraction of sp³-hybridized carbons (Fsp3) is 0.0600. The maximum atomic E-state index is 5.26. The normalized spacial score (nSPS) is 13.1. The first-order valence-electron chi connectivity index (χ1n) is 18.5. The van der Waals surface area contributed by atoms with Crippen molar-refractivity contribution in [3.8, 4) is 51.0 Å². The summed E-state index contributed by atoms with van der Waals surface area (Å²) in [6.45, 7) is 4.72. The summed E-state index contributed by atoms with van der Waals surface area (Å²) in [7, 11) is 0. The van der Waals surface area contributed by atoms with Gasteiger partial charge in [-0.05, 0) is 61.5 Å². The summed E-state index contributed by atoms with van der Waals surface area (Å²) >= 11 is 0. The van der Waals surface area contributed by atoms with E-state index in [9.17, 15) is 0 Å². The van der Waals surface area contributed by atoms with Crippen molar-refractivity contribution in [2.75, 3.05) is 0 Å². The molecule has 4 heteroatoms. The van der Waals surface area contributed by atoms with Crippen LogP contribution < -0.4 is 0 Å². The second kappa shape index (κ2) is 11.5. The van der Waals surface area contributed by atoms with Gasteiger partial charge in [0.15, 0.2) is 11.6 Å². The average molecular weight is 691 g/mol. The Kier molecular flexibility index (Phi) is 6.56. The largest absolute Gasteiger partial charge is 0.277 e. The Morgan fingerprint density at radius 1 is 0.444 bits per heavy atom. The maximum Gasteiger partial charge on any atom is 0.238 e. The van der Waals surface area contributed by atoms with Gasteiger partial charge in [0.05, 0.1) is 11.0 Å². The molecule has 0 atom stereocenters. The molecular formula is C50H34N4. The van der Waals surface area contributed by atoms with Crippen LogP contribution in [0.2, 0.25) is 0 Å². The third kappa shape index (κ3) is 4.47. The molecule has 1 aliphatic rings. The Morgan fingerprint density at radius 2 is 1.06 bits per heavy atom. The first-order chi connectivity index (χ1) is 26.5. The molecule has 0 radical (unpaired) electrons. The van der Waals surface area contributed by atoms with E-state index >= 15 is 0 Å². The van der Waals surface area contributed by atoms with E-state index in [1.165, 1.54) is 54.7 Å². The summed E-state index contributed by atoms with van der Waals surface area (Å²) in [6.07, 6.45) is 0. The lowest BCUT2D eigenvalue weighted by Crippen LogP contribution is -2.15. The van der Waals surface area contributed by atoms with Gasteiger partial charge in [-0.15, -0.1) is 0 Å². The Balaban J connectivity index is 1.22. The summed E-state index contributed by atoms with van der Waals surface area (Å²) < 4.78 is 2.27. The van der Waals surface area contributed by atoms with Crippen molar-refractivity contribution in [1.29, 1.82) is 0 Å². The molecule has 0 saturated heterocycles. The maximum absolute atomic E-state index is 5.26. The molecule has 0 unspecified atom stereocenters. The first kappa shape index (κ1) is 30.7. The van der Waals surface area contributed by atoms with Crippen LogP contribution in [0.4, 0.5) is 0 Å². The Hall–Kier alpha value is -6.91. The van der Waals surface area contributed by atoms with E-state index in [1.54, 1.807) is 0 Å². The smallest absolute Gasteiger partial charge is 0.238 e. The molecule has 1 aliphatic carbocycles. The molecule has 8 aromatic carbocycles. The minimum Gasteiger partial charge on any atom is -0.277 e. The van der Waals surface area contributed by atoms with Gasteiger partial charge in [0.2, 0.25) is 5.95 Å². The van der Waals surface area contributed by atoms with Crippen LogP contribution >= 0.6 is 0 Å². The molecule has 11 rings (SSSR count). The van der Waals surface area contributed by atoms with Crippen LogP contribution in [0, 0.1) is 0 Å². The monoisotopic (exact) mass is 690 g/mol. The summed E-state index contributed by atoms with van der Waals surface area (Å²) in [5.41, 5.74) is 11.5. The van der Waals surface area contributed by atoms with E-state index in [4.69, 9.17) is 15.0 Å². The highest BCUT2D eigenvalue weighted by Crippen LogP contribution is 2.52. The molecule has 0 spiro atoms. The number of rotatable bonds is 4. The molecule has 2 heterocycles. The van der Waals surface area contributed by atoms with Crippen molar-refractivity contribution in [3.05, 3.63) is 181 Å².